The fraction of sp³-hybridized carbons (Fsp3) is 0.147. The third kappa shape index (κ3) is 19.4. The number of methoxy groups -OCH3 is 5. The number of hydrogen-bond donors (Lipinski definition) is 1. The van der Waals surface area contributed by atoms with Gasteiger partial charge in [0.15, 0.2) is 19.7 Å². The van der Waals surface area contributed by atoms with Gasteiger partial charge in [-0.25, -0.2) is 16.8 Å². The van der Waals surface area contributed by atoms with Crippen LogP contribution in [0.2, 0.25) is 0 Å². The topological polar surface area (TPSA) is 242 Å². The highest BCUT2D eigenvalue weighted by atomic mass is 79.9. The van der Waals surface area contributed by atoms with Gasteiger partial charge in [-0.2, -0.15) is 0 Å². The standard InChI is InChI=1S/C21H20N2O4S.C21H20N2O2S.C20H18N2O4S.C16H14BrNOS.C16H15NOS.C15H13NO/c1-13-19(14(2)27-22-13)20-21(28(4,24)25)17-7-5-6-8-18(17)23(20)15-9-11-16(26-3)12-10-15;1-13-19(14(2)25-22-13)20-21(26-4)17-7-5-6-8-18(17)23(20)15-9-11-16(24-3)12-10-15;1-12-18(13(2)26-21-12)19-20(27(3,24)25)16-6-4-5-7-17(16)22(19)14-8-10-15(23)11-9-14;1-19-12-9-7-11(8-10-12)18-14-6-4-3-5-13(14)15(20-2)16(18)17;1-18-13-9-7-12(8-10-13)17-11-16(19-2)14-5-3-4-6-15(14)17;1-17-14-8-6-13(7-9-14)16-11-10-12-4-2-3-5-15(12)16/h5-12H,1-4H3;5-12H,1-4H3;4-11,23H,1-3H3;3-10H,1-2H3;3-11H,1-2H3;2-11H,1H3. The van der Waals surface area contributed by atoms with E-state index in [0.717, 1.165) is 107 Å². The molecule has 0 unspecified atom stereocenters. The molecule has 137 heavy (non-hydrogen) atoms. The van der Waals surface area contributed by atoms with Crippen LogP contribution in [0.25, 0.3) is 133 Å². The molecule has 9 aromatic heterocycles. The molecule has 0 radical (unpaired) electrons. The summed E-state index contributed by atoms with van der Waals surface area (Å²) >= 11 is 9.02. The number of ether oxygens (including phenoxy) is 5. The Balaban J connectivity index is 0.000000120. The number of phenols is 1. The largest absolute Gasteiger partial charge is 0.508 e. The summed E-state index contributed by atoms with van der Waals surface area (Å²) in [5.74, 6) is 6.27. The summed E-state index contributed by atoms with van der Waals surface area (Å²) in [6.45, 7) is 11.1. The molecule has 0 amide bonds. The second-order valence-corrected chi connectivity index (χ2v) is 39.1. The van der Waals surface area contributed by atoms with Crippen molar-refractivity contribution in [1.29, 1.82) is 0 Å². The fourth-order valence-electron chi connectivity index (χ4n) is 17.3. The molecule has 0 aliphatic carbocycles. The van der Waals surface area contributed by atoms with E-state index in [9.17, 15) is 21.9 Å². The van der Waals surface area contributed by atoms with Crippen molar-refractivity contribution in [2.45, 2.75) is 66.0 Å². The summed E-state index contributed by atoms with van der Waals surface area (Å²) < 4.78 is 107. The number of nitrogens with zero attached hydrogens (tertiary/aromatic N) is 9. The van der Waals surface area contributed by atoms with E-state index < -0.39 is 19.7 Å². The number of fused-ring (bicyclic) bond motifs is 6. The van der Waals surface area contributed by atoms with Gasteiger partial charge in [-0.05, 0) is 270 Å². The number of para-hydroxylation sites is 6. The minimum atomic E-state index is -3.55. The van der Waals surface area contributed by atoms with Crippen LogP contribution in [-0.2, 0) is 19.7 Å². The number of thioether (sulfide) groups is 3. The molecule has 0 saturated carbocycles. The lowest BCUT2D eigenvalue weighted by Crippen LogP contribution is -2.03. The lowest BCUT2D eigenvalue weighted by Gasteiger charge is -2.13. The van der Waals surface area contributed by atoms with Crippen molar-refractivity contribution >= 4 is 136 Å². The number of hydrogen-bond acceptors (Lipinski definition) is 19. The van der Waals surface area contributed by atoms with E-state index in [0.29, 0.717) is 56.2 Å². The summed E-state index contributed by atoms with van der Waals surface area (Å²) in [5, 5.41) is 28.2. The Hall–Kier alpha value is -14.3. The maximum Gasteiger partial charge on any atom is 0.178 e. The number of rotatable bonds is 19. The molecule has 21 rings (SSSR count). The molecule has 9 heterocycles. The normalized spacial score (nSPS) is 11.3. The Morgan fingerprint density at radius 2 is 0.620 bits per heavy atom. The number of benzene rings is 12. The lowest BCUT2D eigenvalue weighted by molar-refractivity contribution is 0.393. The summed E-state index contributed by atoms with van der Waals surface area (Å²) in [4.78, 5) is 4.29. The highest BCUT2D eigenvalue weighted by Gasteiger charge is 2.33. The van der Waals surface area contributed by atoms with Crippen LogP contribution >= 0.6 is 51.2 Å². The summed E-state index contributed by atoms with van der Waals surface area (Å²) in [6, 6.07) is 97.3. The first kappa shape index (κ1) is 95.9. The molecule has 0 aliphatic rings. The van der Waals surface area contributed by atoms with Crippen LogP contribution in [-0.4, -0.2) is 132 Å². The maximum atomic E-state index is 12.8. The van der Waals surface area contributed by atoms with Gasteiger partial charge in [0.25, 0.3) is 0 Å². The van der Waals surface area contributed by atoms with E-state index in [4.69, 9.17) is 37.3 Å². The number of sulfone groups is 2. The third-order valence-electron chi connectivity index (χ3n) is 23.5. The van der Waals surface area contributed by atoms with Crippen molar-refractivity contribution in [3.63, 3.8) is 0 Å². The first-order chi connectivity index (χ1) is 66.2. The van der Waals surface area contributed by atoms with Gasteiger partial charge in [0, 0.05) is 101 Å². The van der Waals surface area contributed by atoms with Crippen molar-refractivity contribution in [3.05, 3.63) is 349 Å². The highest BCUT2D eigenvalue weighted by Crippen LogP contribution is 2.48. The molecule has 0 saturated heterocycles. The second-order valence-electron chi connectivity index (χ2n) is 31.9. The smallest absolute Gasteiger partial charge is 0.178 e. The van der Waals surface area contributed by atoms with Crippen molar-refractivity contribution in [3.8, 4) is 102 Å². The van der Waals surface area contributed by atoms with Crippen LogP contribution in [0.1, 0.15) is 34.4 Å². The molecular weight excluding hydrogens is 1880 g/mol. The van der Waals surface area contributed by atoms with E-state index in [1.165, 1.54) is 65.3 Å². The molecule has 0 aliphatic heterocycles. The molecule has 0 spiro atoms. The molecule has 22 nitrogen and oxygen atoms in total. The average Bonchev–Trinajstić information content (AvgIpc) is 1.57. The van der Waals surface area contributed by atoms with E-state index in [2.05, 4.69) is 232 Å². The maximum absolute atomic E-state index is 12.8. The molecule has 696 valence electrons. The minimum absolute atomic E-state index is 0.137. The number of aromatic hydroxyl groups is 1. The quantitative estimate of drug-likeness (QED) is 0.0740. The molecule has 1 N–H and O–H groups in total. The summed E-state index contributed by atoms with van der Waals surface area (Å²) in [6.07, 6.45) is 13.0. The predicted molar refractivity (Wildman–Crippen MR) is 558 cm³/mol. The molecule has 0 atom stereocenters. The monoisotopic (exact) mass is 1980 g/mol. The van der Waals surface area contributed by atoms with Crippen LogP contribution in [0.5, 0.6) is 34.5 Å². The first-order valence-electron chi connectivity index (χ1n) is 43.4. The fourth-order valence-corrected chi connectivity index (χ4v) is 22.6. The van der Waals surface area contributed by atoms with E-state index in [1.54, 1.807) is 122 Å². The van der Waals surface area contributed by atoms with Crippen LogP contribution in [0.3, 0.4) is 0 Å². The van der Waals surface area contributed by atoms with E-state index >= 15 is 0 Å². The van der Waals surface area contributed by atoms with Gasteiger partial charge in [-0.15, -0.1) is 35.3 Å². The van der Waals surface area contributed by atoms with Gasteiger partial charge in [-0.3, -0.25) is 0 Å². The van der Waals surface area contributed by atoms with Crippen LogP contribution in [0, 0.1) is 41.5 Å². The van der Waals surface area contributed by atoms with Gasteiger partial charge in [0.05, 0.1) is 120 Å². The molecule has 0 fully saturated rings. The number of phenolic OH excluding ortho intramolecular Hbond substituents is 1. The number of halogens is 1. The summed E-state index contributed by atoms with van der Waals surface area (Å²) in [5.41, 5.74) is 19.2. The van der Waals surface area contributed by atoms with Gasteiger partial charge in [0.1, 0.15) is 66.2 Å². The molecule has 28 heteroatoms. The van der Waals surface area contributed by atoms with Gasteiger partial charge < -0.3 is 69.8 Å². The average molecular weight is 1980 g/mol. The highest BCUT2D eigenvalue weighted by molar-refractivity contribution is 9.10. The van der Waals surface area contributed by atoms with Gasteiger partial charge in [0.2, 0.25) is 0 Å². The van der Waals surface area contributed by atoms with Gasteiger partial charge >= 0.3 is 0 Å². The third-order valence-corrected chi connectivity index (χ3v) is 29.2. The number of aromatic nitrogens is 9. The lowest BCUT2D eigenvalue weighted by atomic mass is 10.1. The predicted octanol–water partition coefficient (Wildman–Crippen LogP) is 27.1. The van der Waals surface area contributed by atoms with Crippen molar-refractivity contribution in [2.24, 2.45) is 0 Å². The molecule has 12 aromatic carbocycles. The molecule has 0 bridgehead atoms. The summed E-state index contributed by atoms with van der Waals surface area (Å²) in [7, 11) is 1.25. The zero-order chi connectivity index (χ0) is 96.7. The van der Waals surface area contributed by atoms with Crippen molar-refractivity contribution in [1.82, 2.24) is 42.9 Å². The van der Waals surface area contributed by atoms with Crippen molar-refractivity contribution in [2.75, 3.05) is 66.8 Å². The Morgan fingerprint density at radius 3 is 0.985 bits per heavy atom. The first-order valence-corrected chi connectivity index (χ1v) is 51.7. The zero-order valence-electron chi connectivity index (χ0n) is 78.2. The van der Waals surface area contributed by atoms with Crippen LogP contribution < -0.4 is 23.7 Å². The van der Waals surface area contributed by atoms with Crippen molar-refractivity contribution < 1.29 is 59.2 Å². The Morgan fingerprint density at radius 1 is 0.321 bits per heavy atom. The van der Waals surface area contributed by atoms with Crippen LogP contribution in [0.15, 0.2) is 352 Å². The minimum Gasteiger partial charge on any atom is -0.508 e. The van der Waals surface area contributed by atoms with E-state index in [1.807, 2.05) is 145 Å². The zero-order valence-corrected chi connectivity index (χ0v) is 83.9. The van der Waals surface area contributed by atoms with Gasteiger partial charge in [-0.1, -0.05) is 125 Å². The Bertz CT molecular complexity index is 8100. The van der Waals surface area contributed by atoms with E-state index in [-0.39, 0.29) is 15.5 Å². The molecular formula is C109H100BrN9O13S5. The molecule has 21 aromatic rings. The number of aryl methyl sites for hydroxylation is 6. The van der Waals surface area contributed by atoms with Crippen LogP contribution in [0.4, 0.5) is 0 Å². The second kappa shape index (κ2) is 41.5. The Labute approximate surface area is 815 Å². The Kier molecular flexibility index (Phi) is 29.1. The SMILES string of the molecule is COc1ccc(-n2c(-c3c(C)noc3C)c(S(C)(=O)=O)c3ccccc32)cc1.COc1ccc(-n2c(-c3c(C)noc3C)c(SC)c3ccccc32)cc1.COc1ccc(-n2c(Br)c(SC)c3ccccc32)cc1.COc1ccc(-n2cc(SC)c3ccccc32)cc1.COc1ccc(-n2ccc3ccccc32)cc1.Cc1noc(C)c1-c1c(S(C)(=O)=O)c2ccccc2n1-c1ccc(O)cc1.